The summed E-state index contributed by atoms with van der Waals surface area (Å²) in [7, 11) is 0. The van der Waals surface area contributed by atoms with Crippen molar-refractivity contribution in [1.29, 1.82) is 0 Å². The molecule has 0 spiro atoms. The van der Waals surface area contributed by atoms with Crippen molar-refractivity contribution >= 4 is 12.0 Å². The molecule has 1 N–H and O–H groups in total. The average molecular weight is 284 g/mol. The Kier molecular flexibility index (Phi) is 4.98. The van der Waals surface area contributed by atoms with Gasteiger partial charge in [-0.25, -0.2) is 9.18 Å². The molecule has 0 aromatic carbocycles. The highest BCUT2D eigenvalue weighted by Crippen LogP contribution is 2.25. The molecule has 1 saturated heterocycles. The third-order valence-corrected chi connectivity index (χ3v) is 2.77. The fourth-order valence-electron chi connectivity index (χ4n) is 1.88. The molecule has 0 bridgehead atoms. The van der Waals surface area contributed by atoms with Crippen LogP contribution >= 0.6 is 0 Å². The number of amides is 2. The molecule has 1 aliphatic rings. The molecule has 0 unspecified atom stereocenters. The highest BCUT2D eigenvalue weighted by atomic mass is 19.1. The van der Waals surface area contributed by atoms with Crippen LogP contribution in [0, 0.1) is 11.8 Å². The van der Waals surface area contributed by atoms with E-state index in [2.05, 4.69) is 17.2 Å². The molecule has 6 heteroatoms. The molecule has 112 valence electrons. The van der Waals surface area contributed by atoms with Crippen LogP contribution in [0.3, 0.4) is 0 Å². The summed E-state index contributed by atoms with van der Waals surface area (Å²) in [6.07, 6.45) is -0.479. The second kappa shape index (κ2) is 6.12. The molecule has 5 nitrogen and oxygen atoms in total. The normalized spacial score (nSPS) is 21.9. The molecular weight excluding hydrogens is 263 g/mol. The summed E-state index contributed by atoms with van der Waals surface area (Å²) in [5, 5.41) is 2.40. The van der Waals surface area contributed by atoms with Gasteiger partial charge in [0, 0.05) is 13.0 Å². The zero-order valence-corrected chi connectivity index (χ0v) is 12.4. The van der Waals surface area contributed by atoms with Crippen molar-refractivity contribution < 1.29 is 18.7 Å². The summed E-state index contributed by atoms with van der Waals surface area (Å²) in [5.41, 5.74) is -2.25. The van der Waals surface area contributed by atoms with E-state index < -0.39 is 17.4 Å². The first-order valence-corrected chi connectivity index (χ1v) is 6.53. The number of nitrogens with one attached hydrogen (secondary N) is 1. The Labute approximate surface area is 118 Å². The largest absolute Gasteiger partial charge is 0.444 e. The van der Waals surface area contributed by atoms with Crippen LogP contribution in [0.4, 0.5) is 9.18 Å². The number of ether oxygens (including phenoxy) is 1. The van der Waals surface area contributed by atoms with E-state index in [1.54, 1.807) is 27.7 Å². The van der Waals surface area contributed by atoms with Crippen LogP contribution in [-0.4, -0.2) is 47.8 Å². The summed E-state index contributed by atoms with van der Waals surface area (Å²) in [6, 6.07) is 0. The Morgan fingerprint density at radius 1 is 1.45 bits per heavy atom. The van der Waals surface area contributed by atoms with Gasteiger partial charge in [-0.1, -0.05) is 5.92 Å². The maximum atomic E-state index is 14.4. The zero-order chi connectivity index (χ0) is 15.4. The average Bonchev–Trinajstić information content (AvgIpc) is 2.68. The van der Waals surface area contributed by atoms with Gasteiger partial charge in [0.1, 0.15) is 11.3 Å². The van der Waals surface area contributed by atoms with Crippen molar-refractivity contribution in [3.8, 4) is 11.8 Å². The second-order valence-corrected chi connectivity index (χ2v) is 5.86. The van der Waals surface area contributed by atoms with Gasteiger partial charge in [-0.3, -0.25) is 4.79 Å². The topological polar surface area (TPSA) is 58.6 Å². The van der Waals surface area contributed by atoms with Crippen LogP contribution in [0.15, 0.2) is 0 Å². The van der Waals surface area contributed by atoms with Gasteiger partial charge >= 0.3 is 6.09 Å². The summed E-state index contributed by atoms with van der Waals surface area (Å²) in [6.45, 7) is 6.83. The van der Waals surface area contributed by atoms with E-state index in [4.69, 9.17) is 4.74 Å². The fourth-order valence-corrected chi connectivity index (χ4v) is 1.88. The molecule has 1 atom stereocenters. The van der Waals surface area contributed by atoms with Gasteiger partial charge in [0.2, 0.25) is 0 Å². The predicted octanol–water partition coefficient (Wildman–Crippen LogP) is 1.47. The van der Waals surface area contributed by atoms with Crippen LogP contribution < -0.4 is 5.32 Å². The molecule has 20 heavy (non-hydrogen) atoms. The molecule has 1 aliphatic heterocycles. The Morgan fingerprint density at radius 2 is 2.10 bits per heavy atom. The van der Waals surface area contributed by atoms with Crippen molar-refractivity contribution in [3.63, 3.8) is 0 Å². The Balaban J connectivity index is 2.46. The van der Waals surface area contributed by atoms with Gasteiger partial charge in [0.15, 0.2) is 0 Å². The number of alkyl halides is 1. The number of hydrogen-bond acceptors (Lipinski definition) is 3. The molecule has 1 fully saturated rings. The van der Waals surface area contributed by atoms with E-state index >= 15 is 0 Å². The van der Waals surface area contributed by atoms with Crippen molar-refractivity contribution in [2.24, 2.45) is 0 Å². The van der Waals surface area contributed by atoms with Gasteiger partial charge in [-0.05, 0) is 33.6 Å². The lowest BCUT2D eigenvalue weighted by Crippen LogP contribution is -2.44. The van der Waals surface area contributed by atoms with Crippen LogP contribution in [0.1, 0.15) is 34.1 Å². The van der Waals surface area contributed by atoms with Crippen molar-refractivity contribution in [3.05, 3.63) is 0 Å². The minimum Gasteiger partial charge on any atom is -0.444 e. The molecular formula is C14H21FN2O3. The number of carbonyl (C=O) groups is 2. The highest BCUT2D eigenvalue weighted by molar-refractivity contribution is 5.93. The number of alkyl carbamates (subject to hydrolysis) is 1. The molecule has 0 aromatic rings. The summed E-state index contributed by atoms with van der Waals surface area (Å²) >= 11 is 0. The Bertz CT molecular complexity index is 448. The smallest absolute Gasteiger partial charge is 0.407 e. The zero-order valence-electron chi connectivity index (χ0n) is 12.4. The monoisotopic (exact) mass is 284 g/mol. The number of nitrogens with zero attached hydrogens (tertiary/aromatic N) is 1. The highest BCUT2D eigenvalue weighted by Gasteiger charge is 2.40. The standard InChI is InChI=1S/C14H21FN2O3/c1-5-6-11(18)17-8-7-14(15,10-17)9-16-12(19)20-13(2,3)4/h7-10H2,1-4H3,(H,16,19)/t14-/m1/s1. The Morgan fingerprint density at radius 3 is 2.65 bits per heavy atom. The van der Waals surface area contributed by atoms with Crippen LogP contribution in [0.5, 0.6) is 0 Å². The first-order valence-electron chi connectivity index (χ1n) is 6.53. The lowest BCUT2D eigenvalue weighted by Gasteiger charge is -2.23. The van der Waals surface area contributed by atoms with Gasteiger partial charge in [-0.15, -0.1) is 0 Å². The molecule has 0 aliphatic carbocycles. The lowest BCUT2D eigenvalue weighted by atomic mass is 10.1. The van der Waals surface area contributed by atoms with Crippen LogP contribution in [0.25, 0.3) is 0 Å². The maximum Gasteiger partial charge on any atom is 0.407 e. The minimum atomic E-state index is -1.62. The van der Waals surface area contributed by atoms with Crippen LogP contribution in [0.2, 0.25) is 0 Å². The lowest BCUT2D eigenvalue weighted by molar-refractivity contribution is -0.124. The molecule has 0 aromatic heterocycles. The quantitative estimate of drug-likeness (QED) is 0.781. The number of rotatable bonds is 2. The number of halogens is 1. The van der Waals surface area contributed by atoms with E-state index in [1.807, 2.05) is 0 Å². The first-order chi connectivity index (χ1) is 9.15. The van der Waals surface area contributed by atoms with E-state index in [-0.39, 0.29) is 25.4 Å². The summed E-state index contributed by atoms with van der Waals surface area (Å²) in [5.74, 6) is 4.49. The van der Waals surface area contributed by atoms with Gasteiger partial charge in [0.25, 0.3) is 5.91 Å². The van der Waals surface area contributed by atoms with E-state index in [0.717, 1.165) is 0 Å². The molecule has 1 heterocycles. The molecule has 2 amide bonds. The van der Waals surface area contributed by atoms with Gasteiger partial charge in [0.05, 0.1) is 13.1 Å². The first kappa shape index (κ1) is 16.3. The van der Waals surface area contributed by atoms with Gasteiger partial charge < -0.3 is 15.0 Å². The predicted molar refractivity (Wildman–Crippen MR) is 72.7 cm³/mol. The number of likely N-dealkylation sites (tertiary alicyclic amines) is 1. The van der Waals surface area contributed by atoms with Gasteiger partial charge in [-0.2, -0.15) is 0 Å². The summed E-state index contributed by atoms with van der Waals surface area (Å²) in [4.78, 5) is 24.4. The molecule has 0 saturated carbocycles. The number of hydrogen-bond donors (Lipinski definition) is 1. The molecule has 0 radical (unpaired) electrons. The fraction of sp³-hybridized carbons (Fsp3) is 0.714. The van der Waals surface area contributed by atoms with E-state index in [9.17, 15) is 14.0 Å². The SMILES string of the molecule is CC#CC(=O)N1CC[C@@](F)(CNC(=O)OC(C)(C)C)C1. The van der Waals surface area contributed by atoms with Crippen molar-refractivity contribution in [1.82, 2.24) is 10.2 Å². The third kappa shape index (κ3) is 5.08. The molecule has 1 rings (SSSR count). The maximum absolute atomic E-state index is 14.4. The Hall–Kier alpha value is -1.77. The van der Waals surface area contributed by atoms with E-state index in [1.165, 1.54) is 4.90 Å². The van der Waals surface area contributed by atoms with Crippen molar-refractivity contribution in [2.45, 2.75) is 45.4 Å². The second-order valence-electron chi connectivity index (χ2n) is 5.86. The van der Waals surface area contributed by atoms with E-state index in [0.29, 0.717) is 6.54 Å². The number of carbonyl (C=O) groups excluding carboxylic acids is 2. The summed E-state index contributed by atoms with van der Waals surface area (Å²) < 4.78 is 19.5. The van der Waals surface area contributed by atoms with Crippen LogP contribution in [-0.2, 0) is 9.53 Å². The minimum absolute atomic E-state index is 0.0592. The van der Waals surface area contributed by atoms with Crippen molar-refractivity contribution in [2.75, 3.05) is 19.6 Å². The third-order valence-electron chi connectivity index (χ3n) is 2.77.